The first kappa shape index (κ1) is 23.6. The van der Waals surface area contributed by atoms with Gasteiger partial charge < -0.3 is 24.8 Å². The predicted octanol–water partition coefficient (Wildman–Crippen LogP) is 2.95. The molecule has 0 bridgehead atoms. The standard InChI is InChI=1S/C23H32N2O5S/c1-4-29-21(30-5-2)14-24-22(26)16-8-11-19-18(13-16)25-23(27)20(31-19)12-15-6-9-17(28-3)10-7-15/h6-7,9-10,12,16,18-19,21H,4-5,8,11,13-14H2,1-3H3,(H,24,26)(H,25,27)/b20-12+. The number of carbonyl (C=O) groups is 2. The molecule has 1 heterocycles. The van der Waals surface area contributed by atoms with E-state index in [2.05, 4.69) is 10.6 Å². The summed E-state index contributed by atoms with van der Waals surface area (Å²) in [5, 5.41) is 6.35. The minimum Gasteiger partial charge on any atom is -0.497 e. The van der Waals surface area contributed by atoms with Crippen molar-refractivity contribution >= 4 is 29.7 Å². The molecule has 31 heavy (non-hydrogen) atoms. The van der Waals surface area contributed by atoms with E-state index in [1.165, 1.54) is 0 Å². The number of ether oxygens (including phenoxy) is 3. The SMILES string of the molecule is CCOC(CNC(=O)C1CCC2S/C(=C/c3ccc(OC)cc3)C(=O)NC2C1)OCC. The van der Waals surface area contributed by atoms with Crippen LogP contribution in [0.15, 0.2) is 29.2 Å². The highest BCUT2D eigenvalue weighted by Gasteiger charge is 2.39. The van der Waals surface area contributed by atoms with Gasteiger partial charge in [-0.25, -0.2) is 0 Å². The molecule has 0 spiro atoms. The third-order valence-corrected chi connectivity index (χ3v) is 6.96. The van der Waals surface area contributed by atoms with Gasteiger partial charge >= 0.3 is 0 Å². The van der Waals surface area contributed by atoms with Gasteiger partial charge in [0, 0.05) is 30.4 Å². The van der Waals surface area contributed by atoms with E-state index in [1.807, 2.05) is 44.2 Å². The Morgan fingerprint density at radius 3 is 2.58 bits per heavy atom. The van der Waals surface area contributed by atoms with Gasteiger partial charge in [-0.2, -0.15) is 0 Å². The molecule has 2 aliphatic rings. The van der Waals surface area contributed by atoms with Crippen molar-refractivity contribution in [3.05, 3.63) is 34.7 Å². The monoisotopic (exact) mass is 448 g/mol. The fraction of sp³-hybridized carbons (Fsp3) is 0.565. The molecule has 2 N–H and O–H groups in total. The summed E-state index contributed by atoms with van der Waals surface area (Å²) in [6, 6.07) is 7.64. The molecule has 1 saturated heterocycles. The maximum absolute atomic E-state index is 12.7. The molecule has 1 aliphatic heterocycles. The number of nitrogens with one attached hydrogen (secondary N) is 2. The Morgan fingerprint density at radius 1 is 1.23 bits per heavy atom. The molecule has 1 aliphatic carbocycles. The van der Waals surface area contributed by atoms with Crippen molar-refractivity contribution in [1.29, 1.82) is 0 Å². The van der Waals surface area contributed by atoms with E-state index in [1.54, 1.807) is 18.9 Å². The molecule has 3 rings (SSSR count). The van der Waals surface area contributed by atoms with Gasteiger partial charge in [-0.15, -0.1) is 11.8 Å². The van der Waals surface area contributed by atoms with E-state index >= 15 is 0 Å². The van der Waals surface area contributed by atoms with Gasteiger partial charge in [0.1, 0.15) is 5.75 Å². The molecule has 1 saturated carbocycles. The second kappa shape index (κ2) is 11.5. The van der Waals surface area contributed by atoms with Crippen LogP contribution in [0.5, 0.6) is 5.75 Å². The van der Waals surface area contributed by atoms with Crippen LogP contribution in [0.25, 0.3) is 6.08 Å². The average molecular weight is 449 g/mol. The minimum atomic E-state index is -0.425. The molecule has 3 unspecified atom stereocenters. The maximum atomic E-state index is 12.7. The Kier molecular flexibility index (Phi) is 8.80. The summed E-state index contributed by atoms with van der Waals surface area (Å²) >= 11 is 1.62. The molecule has 2 amide bonds. The fourth-order valence-electron chi connectivity index (χ4n) is 3.95. The van der Waals surface area contributed by atoms with Gasteiger partial charge in [0.15, 0.2) is 6.29 Å². The maximum Gasteiger partial charge on any atom is 0.257 e. The van der Waals surface area contributed by atoms with Crippen molar-refractivity contribution in [3.63, 3.8) is 0 Å². The lowest BCUT2D eigenvalue weighted by molar-refractivity contribution is -0.142. The van der Waals surface area contributed by atoms with E-state index in [4.69, 9.17) is 14.2 Å². The molecule has 1 aromatic rings. The number of fused-ring (bicyclic) bond motifs is 1. The number of hydrogen-bond donors (Lipinski definition) is 2. The van der Waals surface area contributed by atoms with Gasteiger partial charge in [0.2, 0.25) is 5.91 Å². The zero-order valence-corrected chi connectivity index (χ0v) is 19.2. The van der Waals surface area contributed by atoms with Crippen molar-refractivity contribution in [1.82, 2.24) is 10.6 Å². The molecular formula is C23H32N2O5S. The number of methoxy groups -OCH3 is 1. The molecule has 3 atom stereocenters. The van der Waals surface area contributed by atoms with Gasteiger partial charge in [-0.3, -0.25) is 9.59 Å². The second-order valence-corrected chi connectivity index (χ2v) is 8.89. The Hall–Kier alpha value is -2.03. The van der Waals surface area contributed by atoms with Crippen molar-refractivity contribution in [3.8, 4) is 5.75 Å². The highest BCUT2D eigenvalue weighted by atomic mass is 32.2. The van der Waals surface area contributed by atoms with Crippen LogP contribution in [-0.4, -0.2) is 56.3 Å². The van der Waals surface area contributed by atoms with Crippen molar-refractivity contribution in [2.45, 2.75) is 50.7 Å². The molecule has 1 aromatic carbocycles. The minimum absolute atomic E-state index is 0.00155. The molecule has 0 radical (unpaired) electrons. The lowest BCUT2D eigenvalue weighted by atomic mass is 9.84. The lowest BCUT2D eigenvalue weighted by Gasteiger charge is -2.39. The second-order valence-electron chi connectivity index (χ2n) is 7.61. The van der Waals surface area contributed by atoms with E-state index in [0.29, 0.717) is 31.1 Å². The summed E-state index contributed by atoms with van der Waals surface area (Å²) < 4.78 is 16.1. The number of benzene rings is 1. The topological polar surface area (TPSA) is 85.9 Å². The largest absolute Gasteiger partial charge is 0.497 e. The van der Waals surface area contributed by atoms with Crippen LogP contribution in [0.3, 0.4) is 0 Å². The number of rotatable bonds is 9. The summed E-state index contributed by atoms with van der Waals surface area (Å²) in [4.78, 5) is 26.0. The average Bonchev–Trinajstić information content (AvgIpc) is 2.78. The molecule has 2 fully saturated rings. The smallest absolute Gasteiger partial charge is 0.257 e. The third-order valence-electron chi connectivity index (χ3n) is 5.54. The Morgan fingerprint density at radius 2 is 1.94 bits per heavy atom. The van der Waals surface area contributed by atoms with E-state index in [9.17, 15) is 9.59 Å². The molecule has 8 heteroatoms. The van der Waals surface area contributed by atoms with Crippen molar-refractivity contribution in [2.24, 2.45) is 5.92 Å². The number of amides is 2. The fourth-order valence-corrected chi connectivity index (χ4v) is 5.24. The lowest BCUT2D eigenvalue weighted by Crippen LogP contribution is -2.52. The Balaban J connectivity index is 1.54. The van der Waals surface area contributed by atoms with E-state index in [0.717, 1.165) is 24.2 Å². The summed E-state index contributed by atoms with van der Waals surface area (Å²) in [6.45, 7) is 5.19. The van der Waals surface area contributed by atoms with Crippen molar-refractivity contribution in [2.75, 3.05) is 26.9 Å². The van der Waals surface area contributed by atoms with E-state index < -0.39 is 6.29 Å². The summed E-state index contributed by atoms with van der Waals surface area (Å²) in [5.74, 6) is 0.601. The molecule has 170 valence electrons. The highest BCUT2D eigenvalue weighted by molar-refractivity contribution is 8.04. The zero-order valence-electron chi connectivity index (χ0n) is 18.4. The number of thioether (sulfide) groups is 1. The zero-order chi connectivity index (χ0) is 22.2. The molecule has 7 nitrogen and oxygen atoms in total. The van der Waals surface area contributed by atoms with Crippen LogP contribution in [0.2, 0.25) is 0 Å². The van der Waals surface area contributed by atoms with Crippen LogP contribution in [0.4, 0.5) is 0 Å². The van der Waals surface area contributed by atoms with Crippen molar-refractivity contribution < 1.29 is 23.8 Å². The summed E-state index contributed by atoms with van der Waals surface area (Å²) in [6.07, 6.45) is 3.83. The van der Waals surface area contributed by atoms with Crippen LogP contribution in [0.1, 0.15) is 38.7 Å². The first-order chi connectivity index (χ1) is 15.0. The Labute approximate surface area is 188 Å². The molecular weight excluding hydrogens is 416 g/mol. The van der Waals surface area contributed by atoms with Gasteiger partial charge in [0.05, 0.1) is 18.6 Å². The van der Waals surface area contributed by atoms with Crippen LogP contribution in [-0.2, 0) is 19.1 Å². The molecule has 0 aromatic heterocycles. The number of carbonyl (C=O) groups excluding carboxylic acids is 2. The van der Waals surface area contributed by atoms with Gasteiger partial charge in [-0.1, -0.05) is 12.1 Å². The van der Waals surface area contributed by atoms with Crippen LogP contribution < -0.4 is 15.4 Å². The van der Waals surface area contributed by atoms with Gasteiger partial charge in [-0.05, 0) is 56.9 Å². The quantitative estimate of drug-likeness (QED) is 0.446. The number of hydrogen-bond acceptors (Lipinski definition) is 6. The first-order valence-electron chi connectivity index (χ1n) is 10.9. The predicted molar refractivity (Wildman–Crippen MR) is 122 cm³/mol. The summed E-state index contributed by atoms with van der Waals surface area (Å²) in [5.41, 5.74) is 0.961. The Bertz CT molecular complexity index is 777. The normalized spacial score (nSPS) is 24.6. The van der Waals surface area contributed by atoms with E-state index in [-0.39, 0.29) is 29.0 Å². The summed E-state index contributed by atoms with van der Waals surface area (Å²) in [7, 11) is 1.63. The third kappa shape index (κ3) is 6.48. The van der Waals surface area contributed by atoms with Gasteiger partial charge in [0.25, 0.3) is 5.91 Å². The van der Waals surface area contributed by atoms with Crippen LogP contribution >= 0.6 is 11.8 Å². The first-order valence-corrected chi connectivity index (χ1v) is 11.8. The highest BCUT2D eigenvalue weighted by Crippen LogP contribution is 2.40. The van der Waals surface area contributed by atoms with Crippen LogP contribution in [0, 0.1) is 5.92 Å².